The zero-order valence-corrected chi connectivity index (χ0v) is 12.2. The Morgan fingerprint density at radius 2 is 2.11 bits per heavy atom. The molecule has 2 aliphatic heterocycles. The van der Waals surface area contributed by atoms with Crippen LogP contribution in [0.1, 0.15) is 44.2 Å². The zero-order chi connectivity index (χ0) is 13.1. The topological polar surface area (TPSA) is 15.6 Å². The van der Waals surface area contributed by atoms with E-state index in [-0.39, 0.29) is 0 Å². The van der Waals surface area contributed by atoms with Crippen LogP contribution >= 0.6 is 11.8 Å². The maximum Gasteiger partial charge on any atom is 0.168 e. The molecule has 0 spiro atoms. The number of benzene rings is 1. The molecule has 0 fully saturated rings. The molecule has 3 rings (SSSR count). The molecule has 1 aromatic rings. The van der Waals surface area contributed by atoms with Crippen molar-refractivity contribution in [3.8, 4) is 0 Å². The van der Waals surface area contributed by atoms with Crippen LogP contribution in [0.25, 0.3) is 0 Å². The Labute approximate surface area is 119 Å². The minimum Gasteiger partial charge on any atom is -0.324 e. The highest BCUT2D eigenvalue weighted by molar-refractivity contribution is 8.17. The third-order valence-electron chi connectivity index (χ3n) is 3.61. The van der Waals surface area contributed by atoms with Gasteiger partial charge in [0.15, 0.2) is 5.17 Å². The lowest BCUT2D eigenvalue weighted by Crippen LogP contribution is -2.16. The SMILES string of the molecule is CCCCCC1=CN2CC(c3ccccc3)N=C2S1. The molecule has 1 atom stereocenters. The van der Waals surface area contributed by atoms with E-state index in [1.165, 1.54) is 41.3 Å². The number of fused-ring (bicyclic) bond motifs is 1. The fourth-order valence-corrected chi connectivity index (χ4v) is 3.63. The van der Waals surface area contributed by atoms with E-state index in [0.717, 1.165) is 6.54 Å². The van der Waals surface area contributed by atoms with Gasteiger partial charge in [-0.2, -0.15) is 0 Å². The van der Waals surface area contributed by atoms with Crippen LogP contribution in [-0.2, 0) is 0 Å². The first-order valence-electron chi connectivity index (χ1n) is 7.15. The van der Waals surface area contributed by atoms with E-state index in [2.05, 4.69) is 48.4 Å². The third-order valence-corrected chi connectivity index (χ3v) is 4.71. The quantitative estimate of drug-likeness (QED) is 0.730. The molecule has 0 aliphatic carbocycles. The third kappa shape index (κ3) is 2.86. The van der Waals surface area contributed by atoms with Crippen LogP contribution in [0.2, 0.25) is 0 Å². The molecule has 0 amide bonds. The van der Waals surface area contributed by atoms with E-state index in [1.54, 1.807) is 0 Å². The van der Waals surface area contributed by atoms with Crippen molar-refractivity contribution in [3.05, 3.63) is 47.0 Å². The van der Waals surface area contributed by atoms with E-state index in [9.17, 15) is 0 Å². The minimum absolute atomic E-state index is 0.317. The van der Waals surface area contributed by atoms with Gasteiger partial charge >= 0.3 is 0 Å². The molecule has 0 N–H and O–H groups in total. The number of hydrogen-bond donors (Lipinski definition) is 0. The van der Waals surface area contributed by atoms with Gasteiger partial charge in [-0.15, -0.1) is 0 Å². The molecular formula is C16H20N2S. The first kappa shape index (κ1) is 12.8. The summed E-state index contributed by atoms with van der Waals surface area (Å²) in [6.45, 7) is 3.26. The molecule has 2 nitrogen and oxygen atoms in total. The highest BCUT2D eigenvalue weighted by atomic mass is 32.2. The van der Waals surface area contributed by atoms with Crippen molar-refractivity contribution in [1.82, 2.24) is 4.90 Å². The summed E-state index contributed by atoms with van der Waals surface area (Å²) >= 11 is 1.87. The van der Waals surface area contributed by atoms with E-state index in [0.29, 0.717) is 6.04 Å². The van der Waals surface area contributed by atoms with E-state index >= 15 is 0 Å². The van der Waals surface area contributed by atoms with Crippen LogP contribution in [-0.4, -0.2) is 16.6 Å². The number of thioether (sulfide) groups is 1. The molecule has 0 saturated heterocycles. The molecule has 0 radical (unpaired) electrons. The Balaban J connectivity index is 1.60. The summed E-state index contributed by atoms with van der Waals surface area (Å²) in [7, 11) is 0. The fraction of sp³-hybridized carbons (Fsp3) is 0.438. The molecule has 1 aromatic carbocycles. The molecule has 19 heavy (non-hydrogen) atoms. The number of nitrogens with zero attached hydrogens (tertiary/aromatic N) is 2. The summed E-state index contributed by atoms with van der Waals surface area (Å²) in [5.74, 6) is 0. The number of aliphatic imine (C=N–C) groups is 1. The summed E-state index contributed by atoms with van der Waals surface area (Å²) in [4.78, 5) is 8.66. The normalized spacial score (nSPS) is 21.3. The Hall–Kier alpha value is -1.22. The Morgan fingerprint density at radius 1 is 1.26 bits per heavy atom. The zero-order valence-electron chi connectivity index (χ0n) is 11.4. The van der Waals surface area contributed by atoms with Crippen LogP contribution in [0.15, 0.2) is 46.4 Å². The predicted octanol–water partition coefficient (Wildman–Crippen LogP) is 4.57. The summed E-state index contributed by atoms with van der Waals surface area (Å²) in [5.41, 5.74) is 1.32. The summed E-state index contributed by atoms with van der Waals surface area (Å²) in [5, 5.41) is 1.19. The van der Waals surface area contributed by atoms with Gasteiger partial charge in [0.1, 0.15) is 0 Å². The molecule has 2 aliphatic rings. The molecule has 100 valence electrons. The number of unbranched alkanes of at least 4 members (excludes halogenated alkanes) is 2. The highest BCUT2D eigenvalue weighted by Crippen LogP contribution is 2.38. The van der Waals surface area contributed by atoms with Gasteiger partial charge in [-0.3, -0.25) is 4.99 Å². The lowest BCUT2D eigenvalue weighted by Gasteiger charge is -2.10. The minimum atomic E-state index is 0.317. The summed E-state index contributed by atoms with van der Waals surface area (Å²) in [6.07, 6.45) is 7.44. The standard InChI is InChI=1S/C16H20N2S/c1-2-3-5-10-14-11-18-12-15(17-16(18)19-14)13-8-6-4-7-9-13/h4,6-9,11,15H,2-3,5,10,12H2,1H3. The van der Waals surface area contributed by atoms with Crippen molar-refractivity contribution in [2.24, 2.45) is 4.99 Å². The van der Waals surface area contributed by atoms with Gasteiger partial charge in [-0.1, -0.05) is 61.9 Å². The van der Waals surface area contributed by atoms with Gasteiger partial charge in [-0.25, -0.2) is 0 Å². The van der Waals surface area contributed by atoms with Crippen LogP contribution in [0.5, 0.6) is 0 Å². The van der Waals surface area contributed by atoms with Crippen molar-refractivity contribution in [3.63, 3.8) is 0 Å². The Bertz CT molecular complexity index is 493. The van der Waals surface area contributed by atoms with Crippen molar-refractivity contribution in [2.45, 2.75) is 38.6 Å². The average molecular weight is 272 g/mol. The Kier molecular flexibility index (Phi) is 3.92. The van der Waals surface area contributed by atoms with E-state index in [4.69, 9.17) is 4.99 Å². The first-order valence-corrected chi connectivity index (χ1v) is 7.96. The smallest absolute Gasteiger partial charge is 0.168 e. The molecule has 0 aromatic heterocycles. The number of allylic oxidation sites excluding steroid dienone is 1. The number of hydrogen-bond acceptors (Lipinski definition) is 3. The molecule has 0 saturated carbocycles. The molecule has 1 unspecified atom stereocenters. The van der Waals surface area contributed by atoms with Gasteiger partial charge in [-0.05, 0) is 18.4 Å². The maximum absolute atomic E-state index is 4.85. The van der Waals surface area contributed by atoms with Crippen LogP contribution < -0.4 is 0 Å². The van der Waals surface area contributed by atoms with Gasteiger partial charge in [0.2, 0.25) is 0 Å². The van der Waals surface area contributed by atoms with Crippen LogP contribution in [0, 0.1) is 0 Å². The molecule has 3 heteroatoms. The maximum atomic E-state index is 4.85. The summed E-state index contributed by atoms with van der Waals surface area (Å²) < 4.78 is 0. The largest absolute Gasteiger partial charge is 0.324 e. The van der Waals surface area contributed by atoms with E-state index < -0.39 is 0 Å². The number of amidine groups is 1. The Morgan fingerprint density at radius 3 is 2.84 bits per heavy atom. The van der Waals surface area contributed by atoms with Gasteiger partial charge in [0, 0.05) is 11.1 Å². The van der Waals surface area contributed by atoms with Crippen molar-refractivity contribution in [1.29, 1.82) is 0 Å². The lowest BCUT2D eigenvalue weighted by atomic mass is 10.1. The second-order valence-electron chi connectivity index (χ2n) is 5.15. The van der Waals surface area contributed by atoms with Crippen molar-refractivity contribution >= 4 is 16.9 Å². The second kappa shape index (κ2) is 5.83. The average Bonchev–Trinajstić information content (AvgIpc) is 2.98. The fourth-order valence-electron chi connectivity index (χ4n) is 2.54. The van der Waals surface area contributed by atoms with Crippen LogP contribution in [0.4, 0.5) is 0 Å². The monoisotopic (exact) mass is 272 g/mol. The summed E-state index contributed by atoms with van der Waals surface area (Å²) in [6, 6.07) is 10.9. The van der Waals surface area contributed by atoms with Gasteiger partial charge in [0.05, 0.1) is 12.6 Å². The molecule has 0 bridgehead atoms. The van der Waals surface area contributed by atoms with Gasteiger partial charge in [0.25, 0.3) is 0 Å². The molecular weight excluding hydrogens is 252 g/mol. The van der Waals surface area contributed by atoms with E-state index in [1.807, 2.05) is 11.8 Å². The first-order chi connectivity index (χ1) is 9.36. The second-order valence-corrected chi connectivity index (χ2v) is 6.24. The van der Waals surface area contributed by atoms with Gasteiger partial charge < -0.3 is 4.90 Å². The molecule has 2 heterocycles. The predicted molar refractivity (Wildman–Crippen MR) is 83.1 cm³/mol. The highest BCUT2D eigenvalue weighted by Gasteiger charge is 2.30. The number of rotatable bonds is 5. The van der Waals surface area contributed by atoms with Crippen LogP contribution in [0.3, 0.4) is 0 Å². The lowest BCUT2D eigenvalue weighted by molar-refractivity contribution is 0.554. The van der Waals surface area contributed by atoms with Crippen molar-refractivity contribution < 1.29 is 0 Å². The van der Waals surface area contributed by atoms with Crippen molar-refractivity contribution in [2.75, 3.05) is 6.54 Å².